The van der Waals surface area contributed by atoms with Crippen LogP contribution in [-0.4, -0.2) is 10.1 Å². The van der Waals surface area contributed by atoms with Gasteiger partial charge in [-0.25, -0.2) is 0 Å². The van der Waals surface area contributed by atoms with Crippen molar-refractivity contribution in [2.45, 2.75) is 0 Å². The van der Waals surface area contributed by atoms with Gasteiger partial charge in [0.15, 0.2) is 0 Å². The van der Waals surface area contributed by atoms with Crippen molar-refractivity contribution in [3.8, 4) is 0 Å². The molecule has 8 heavy (non-hydrogen) atoms. The van der Waals surface area contributed by atoms with Crippen molar-refractivity contribution in [3.05, 3.63) is 18.8 Å². The SMILES string of the molecule is C=C(S)c1ncon1. The van der Waals surface area contributed by atoms with Crippen LogP contribution in [0.25, 0.3) is 4.91 Å². The van der Waals surface area contributed by atoms with Gasteiger partial charge >= 0.3 is 0 Å². The van der Waals surface area contributed by atoms with Crippen LogP contribution in [0.3, 0.4) is 0 Å². The predicted molar refractivity (Wildman–Crippen MR) is 32.3 cm³/mol. The van der Waals surface area contributed by atoms with Crippen LogP contribution in [0.4, 0.5) is 0 Å². The van der Waals surface area contributed by atoms with Crippen molar-refractivity contribution < 1.29 is 4.52 Å². The summed E-state index contributed by atoms with van der Waals surface area (Å²) in [5.74, 6) is 0.438. The second kappa shape index (κ2) is 2.00. The maximum Gasteiger partial charge on any atom is 0.214 e. The van der Waals surface area contributed by atoms with E-state index in [9.17, 15) is 0 Å². The standard InChI is InChI=1S/C4H4N2OS/c1-3(8)4-5-2-7-6-4/h2,8H,1H2. The first-order chi connectivity index (χ1) is 3.80. The first kappa shape index (κ1) is 5.37. The zero-order valence-corrected chi connectivity index (χ0v) is 4.93. The zero-order valence-electron chi connectivity index (χ0n) is 4.03. The molecule has 0 bridgehead atoms. The van der Waals surface area contributed by atoms with Gasteiger partial charge < -0.3 is 4.52 Å². The molecule has 0 atom stereocenters. The van der Waals surface area contributed by atoms with Crippen LogP contribution < -0.4 is 0 Å². The van der Waals surface area contributed by atoms with E-state index in [2.05, 4.69) is 33.9 Å². The Hall–Kier alpha value is -0.770. The van der Waals surface area contributed by atoms with Gasteiger partial charge in [0, 0.05) is 4.91 Å². The average Bonchev–Trinajstić information content (AvgIpc) is 2.12. The molecule has 0 fully saturated rings. The molecule has 1 aromatic rings. The Balaban J connectivity index is 2.93. The van der Waals surface area contributed by atoms with Gasteiger partial charge in [0.25, 0.3) is 0 Å². The van der Waals surface area contributed by atoms with Crippen molar-refractivity contribution >= 4 is 17.5 Å². The van der Waals surface area contributed by atoms with Gasteiger partial charge in [-0.05, 0) is 0 Å². The van der Waals surface area contributed by atoms with Gasteiger partial charge in [-0.1, -0.05) is 11.7 Å². The molecule has 0 aliphatic carbocycles. The van der Waals surface area contributed by atoms with E-state index < -0.39 is 0 Å². The lowest BCUT2D eigenvalue weighted by atomic mass is 10.6. The maximum atomic E-state index is 4.40. The Morgan fingerprint density at radius 1 is 1.88 bits per heavy atom. The Morgan fingerprint density at radius 2 is 2.62 bits per heavy atom. The Kier molecular flexibility index (Phi) is 1.34. The number of nitrogens with zero attached hydrogens (tertiary/aromatic N) is 2. The summed E-state index contributed by atoms with van der Waals surface area (Å²) in [5.41, 5.74) is 0. The third-order valence-electron chi connectivity index (χ3n) is 0.619. The topological polar surface area (TPSA) is 38.9 Å². The molecule has 1 aromatic heterocycles. The van der Waals surface area contributed by atoms with Crippen LogP contribution in [0.2, 0.25) is 0 Å². The summed E-state index contributed by atoms with van der Waals surface area (Å²) >= 11 is 3.87. The lowest BCUT2D eigenvalue weighted by molar-refractivity contribution is 0.415. The minimum atomic E-state index is 0.438. The van der Waals surface area contributed by atoms with E-state index in [4.69, 9.17) is 0 Å². The van der Waals surface area contributed by atoms with E-state index in [0.29, 0.717) is 10.7 Å². The molecule has 0 N–H and O–H groups in total. The molecule has 42 valence electrons. The van der Waals surface area contributed by atoms with Crippen LogP contribution in [0.1, 0.15) is 5.82 Å². The summed E-state index contributed by atoms with van der Waals surface area (Å²) in [6.45, 7) is 3.48. The molecule has 0 saturated heterocycles. The normalized spacial score (nSPS) is 9.12. The van der Waals surface area contributed by atoms with Crippen LogP contribution >= 0.6 is 12.6 Å². The largest absolute Gasteiger partial charge is 0.342 e. The summed E-state index contributed by atoms with van der Waals surface area (Å²) in [7, 11) is 0. The van der Waals surface area contributed by atoms with Gasteiger partial charge in [-0.2, -0.15) is 4.98 Å². The second-order valence-electron chi connectivity index (χ2n) is 1.20. The molecule has 0 saturated carbocycles. The quantitative estimate of drug-likeness (QED) is 0.573. The molecule has 4 heteroatoms. The van der Waals surface area contributed by atoms with E-state index in [1.807, 2.05) is 0 Å². The molecule has 3 nitrogen and oxygen atoms in total. The summed E-state index contributed by atoms with van der Waals surface area (Å²) in [6, 6.07) is 0. The summed E-state index contributed by atoms with van der Waals surface area (Å²) in [6.07, 6.45) is 1.23. The molecule has 0 radical (unpaired) electrons. The molecule has 0 amide bonds. The van der Waals surface area contributed by atoms with Crippen LogP contribution in [0.5, 0.6) is 0 Å². The molecule has 0 spiro atoms. The molecular formula is C4H4N2OS. The highest BCUT2D eigenvalue weighted by atomic mass is 32.1. The van der Waals surface area contributed by atoms with Gasteiger partial charge in [0.05, 0.1) is 0 Å². The number of hydrogen-bond acceptors (Lipinski definition) is 4. The highest BCUT2D eigenvalue weighted by Crippen LogP contribution is 2.07. The number of rotatable bonds is 1. The van der Waals surface area contributed by atoms with E-state index in [0.717, 1.165) is 0 Å². The predicted octanol–water partition coefficient (Wildman–Crippen LogP) is 0.970. The molecule has 0 aliphatic rings. The molecular weight excluding hydrogens is 124 g/mol. The average molecular weight is 128 g/mol. The molecule has 0 unspecified atom stereocenters. The summed E-state index contributed by atoms with van der Waals surface area (Å²) in [4.78, 5) is 4.17. The molecule has 1 heterocycles. The van der Waals surface area contributed by atoms with Gasteiger partial charge in [-0.15, -0.1) is 12.6 Å². The summed E-state index contributed by atoms with van der Waals surface area (Å²) < 4.78 is 4.40. The monoisotopic (exact) mass is 128 g/mol. The third-order valence-corrected chi connectivity index (χ3v) is 0.819. The Bertz CT molecular complexity index is 182. The first-order valence-electron chi connectivity index (χ1n) is 1.95. The Morgan fingerprint density at radius 3 is 2.88 bits per heavy atom. The van der Waals surface area contributed by atoms with Crippen molar-refractivity contribution in [1.29, 1.82) is 0 Å². The van der Waals surface area contributed by atoms with Crippen LogP contribution in [0.15, 0.2) is 17.5 Å². The number of hydrogen-bond donors (Lipinski definition) is 1. The van der Waals surface area contributed by atoms with Gasteiger partial charge in [0.2, 0.25) is 12.2 Å². The van der Waals surface area contributed by atoms with Crippen molar-refractivity contribution in [3.63, 3.8) is 0 Å². The molecule has 0 aromatic carbocycles. The fourth-order valence-corrected chi connectivity index (χ4v) is 0.396. The fourth-order valence-electron chi connectivity index (χ4n) is 0.298. The number of aromatic nitrogens is 2. The molecule has 1 rings (SSSR count). The van der Waals surface area contributed by atoms with Crippen LogP contribution in [-0.2, 0) is 0 Å². The van der Waals surface area contributed by atoms with Gasteiger partial charge in [-0.3, -0.25) is 0 Å². The zero-order chi connectivity index (χ0) is 5.98. The summed E-state index contributed by atoms with van der Waals surface area (Å²) in [5, 5.41) is 3.45. The second-order valence-corrected chi connectivity index (χ2v) is 1.74. The maximum absolute atomic E-state index is 4.40. The lowest BCUT2D eigenvalue weighted by Gasteiger charge is -1.80. The van der Waals surface area contributed by atoms with E-state index in [-0.39, 0.29) is 0 Å². The minimum Gasteiger partial charge on any atom is -0.342 e. The molecule has 0 aliphatic heterocycles. The third kappa shape index (κ3) is 0.894. The minimum absolute atomic E-state index is 0.438. The van der Waals surface area contributed by atoms with Crippen molar-refractivity contribution in [1.82, 2.24) is 10.1 Å². The fraction of sp³-hybridized carbons (Fsp3) is 0. The van der Waals surface area contributed by atoms with Crippen molar-refractivity contribution in [2.75, 3.05) is 0 Å². The van der Waals surface area contributed by atoms with Crippen LogP contribution in [0, 0.1) is 0 Å². The van der Waals surface area contributed by atoms with Crippen molar-refractivity contribution in [2.24, 2.45) is 0 Å². The van der Waals surface area contributed by atoms with E-state index in [1.165, 1.54) is 6.39 Å². The highest BCUT2D eigenvalue weighted by Gasteiger charge is 1.95. The first-order valence-corrected chi connectivity index (χ1v) is 2.40. The lowest BCUT2D eigenvalue weighted by Crippen LogP contribution is -1.75. The van der Waals surface area contributed by atoms with E-state index in [1.54, 1.807) is 0 Å². The smallest absolute Gasteiger partial charge is 0.214 e. The Labute approximate surface area is 51.8 Å². The number of thiol groups is 1. The highest BCUT2D eigenvalue weighted by molar-refractivity contribution is 7.90. The van der Waals surface area contributed by atoms with Gasteiger partial charge in [0.1, 0.15) is 0 Å². The van der Waals surface area contributed by atoms with E-state index >= 15 is 0 Å².